The maximum Gasteiger partial charge on any atom is 0.417 e. The molecule has 0 saturated carbocycles. The van der Waals surface area contributed by atoms with Crippen LogP contribution in [0.1, 0.15) is 12.5 Å². The Hall–Kier alpha value is -2.39. The molecule has 2 aliphatic heterocycles. The van der Waals surface area contributed by atoms with Crippen molar-refractivity contribution >= 4 is 23.7 Å². The summed E-state index contributed by atoms with van der Waals surface area (Å²) in [5.41, 5.74) is 0.772. The van der Waals surface area contributed by atoms with Crippen LogP contribution >= 0.6 is 11.6 Å². The molecule has 1 aromatic rings. The third-order valence-corrected chi connectivity index (χ3v) is 5.01. The van der Waals surface area contributed by atoms with Crippen LogP contribution < -0.4 is 0 Å². The number of halogens is 1. The molecule has 2 aliphatic rings. The lowest BCUT2D eigenvalue weighted by Crippen LogP contribution is -2.41. The van der Waals surface area contributed by atoms with Crippen molar-refractivity contribution in [2.24, 2.45) is 16.9 Å². The van der Waals surface area contributed by atoms with Gasteiger partial charge in [-0.1, -0.05) is 30.7 Å². The van der Waals surface area contributed by atoms with Crippen molar-refractivity contribution in [2.75, 3.05) is 32.8 Å². The van der Waals surface area contributed by atoms with Crippen molar-refractivity contribution in [3.63, 3.8) is 0 Å². The third kappa shape index (κ3) is 4.86. The SMILES string of the molecule is CC1COCC1CN1CCN(C(=O)OCc2ccc(Cl)cc2)C1=N[N+](=O)[O-]. The van der Waals surface area contributed by atoms with Crippen molar-refractivity contribution in [1.82, 2.24) is 9.80 Å². The zero-order valence-corrected chi connectivity index (χ0v) is 15.7. The molecule has 0 radical (unpaired) electrons. The molecule has 2 fully saturated rings. The first-order valence-electron chi connectivity index (χ1n) is 8.68. The van der Waals surface area contributed by atoms with Crippen molar-refractivity contribution in [1.29, 1.82) is 0 Å². The lowest BCUT2D eigenvalue weighted by atomic mass is 9.98. The van der Waals surface area contributed by atoms with Crippen LogP contribution in [0.2, 0.25) is 5.02 Å². The van der Waals surface area contributed by atoms with E-state index in [4.69, 9.17) is 21.1 Å². The standard InChI is InChI=1S/C17H21ClN4O5/c1-12-9-26-11-14(12)8-20-6-7-21(16(20)19-22(24)25)17(23)27-10-13-2-4-15(18)5-3-13/h2-5,12,14H,6-11H2,1H3. The number of hydrogen-bond donors (Lipinski definition) is 0. The summed E-state index contributed by atoms with van der Waals surface area (Å²) in [5.74, 6) is 0.611. The molecule has 2 unspecified atom stereocenters. The highest BCUT2D eigenvalue weighted by Gasteiger charge is 2.38. The summed E-state index contributed by atoms with van der Waals surface area (Å²) in [6.45, 7) is 4.70. The molecule has 1 amide bonds. The summed E-state index contributed by atoms with van der Waals surface area (Å²) in [5, 5.41) is 14.2. The van der Waals surface area contributed by atoms with Crippen molar-refractivity contribution in [3.05, 3.63) is 45.0 Å². The lowest BCUT2D eigenvalue weighted by molar-refractivity contribution is -0.486. The van der Waals surface area contributed by atoms with Gasteiger partial charge in [-0.15, -0.1) is 0 Å². The number of carbonyl (C=O) groups is 1. The minimum atomic E-state index is -0.790. The van der Waals surface area contributed by atoms with E-state index in [1.165, 1.54) is 4.90 Å². The predicted molar refractivity (Wildman–Crippen MR) is 97.8 cm³/mol. The minimum absolute atomic E-state index is 0.0141. The highest BCUT2D eigenvalue weighted by molar-refractivity contribution is 6.30. The molecule has 0 spiro atoms. The summed E-state index contributed by atoms with van der Waals surface area (Å²) in [6.07, 6.45) is -0.663. The molecule has 0 bridgehead atoms. The van der Waals surface area contributed by atoms with Gasteiger partial charge in [0.15, 0.2) is 5.03 Å². The number of guanidine groups is 1. The van der Waals surface area contributed by atoms with Crippen LogP contribution in [0.3, 0.4) is 0 Å². The molecule has 0 aliphatic carbocycles. The molecular formula is C17H21ClN4O5. The average Bonchev–Trinajstić information content (AvgIpc) is 3.21. The van der Waals surface area contributed by atoms with Gasteiger partial charge in [0.05, 0.1) is 13.2 Å². The Balaban J connectivity index is 1.65. The molecule has 0 aromatic heterocycles. The largest absolute Gasteiger partial charge is 0.444 e. The number of ether oxygens (including phenoxy) is 2. The lowest BCUT2D eigenvalue weighted by Gasteiger charge is -2.23. The number of hydrazone groups is 1. The van der Waals surface area contributed by atoms with E-state index < -0.39 is 11.1 Å². The van der Waals surface area contributed by atoms with Crippen LogP contribution in [0.5, 0.6) is 0 Å². The van der Waals surface area contributed by atoms with Crippen LogP contribution in [0, 0.1) is 22.0 Å². The fraction of sp³-hybridized carbons (Fsp3) is 0.529. The van der Waals surface area contributed by atoms with Crippen LogP contribution in [0.4, 0.5) is 4.79 Å². The number of benzene rings is 1. The van der Waals surface area contributed by atoms with Gasteiger partial charge in [-0.2, -0.15) is 0 Å². The summed E-state index contributed by atoms with van der Waals surface area (Å²) in [6, 6.07) is 6.90. The maximum absolute atomic E-state index is 12.4. The van der Waals surface area contributed by atoms with Gasteiger partial charge in [0, 0.05) is 30.6 Å². The van der Waals surface area contributed by atoms with E-state index in [9.17, 15) is 14.9 Å². The fourth-order valence-electron chi connectivity index (χ4n) is 3.15. The Labute approximate surface area is 161 Å². The van der Waals surface area contributed by atoms with Gasteiger partial charge in [0.1, 0.15) is 11.7 Å². The molecular weight excluding hydrogens is 376 g/mol. The smallest absolute Gasteiger partial charge is 0.417 e. The molecule has 146 valence electrons. The second-order valence-electron chi connectivity index (χ2n) is 6.69. The van der Waals surface area contributed by atoms with Crippen molar-refractivity contribution < 1.29 is 19.3 Å². The molecule has 2 heterocycles. The van der Waals surface area contributed by atoms with Gasteiger partial charge in [-0.3, -0.25) is 0 Å². The summed E-state index contributed by atoms with van der Waals surface area (Å²) < 4.78 is 10.7. The number of amides is 1. The van der Waals surface area contributed by atoms with Crippen LogP contribution in [-0.2, 0) is 16.1 Å². The average molecular weight is 397 g/mol. The normalized spacial score (nSPS) is 23.9. The van der Waals surface area contributed by atoms with Gasteiger partial charge < -0.3 is 14.4 Å². The monoisotopic (exact) mass is 396 g/mol. The fourth-order valence-corrected chi connectivity index (χ4v) is 3.28. The van der Waals surface area contributed by atoms with Crippen LogP contribution in [0.15, 0.2) is 29.4 Å². The maximum atomic E-state index is 12.4. The predicted octanol–water partition coefficient (Wildman–Crippen LogP) is 2.42. The zero-order chi connectivity index (χ0) is 19.4. The Bertz CT molecular complexity index is 727. The summed E-state index contributed by atoms with van der Waals surface area (Å²) in [7, 11) is 0. The molecule has 9 nitrogen and oxygen atoms in total. The van der Waals surface area contributed by atoms with Gasteiger partial charge in [-0.25, -0.2) is 19.8 Å². The van der Waals surface area contributed by atoms with E-state index in [0.717, 1.165) is 5.56 Å². The highest BCUT2D eigenvalue weighted by Crippen LogP contribution is 2.23. The number of nitro groups is 1. The van der Waals surface area contributed by atoms with Crippen LogP contribution in [0.25, 0.3) is 0 Å². The topological polar surface area (TPSA) is 97.5 Å². The van der Waals surface area contributed by atoms with E-state index >= 15 is 0 Å². The zero-order valence-electron chi connectivity index (χ0n) is 14.9. The molecule has 2 saturated heterocycles. The van der Waals surface area contributed by atoms with E-state index in [2.05, 4.69) is 12.0 Å². The molecule has 10 heteroatoms. The summed E-state index contributed by atoms with van der Waals surface area (Å²) in [4.78, 5) is 26.4. The second-order valence-corrected chi connectivity index (χ2v) is 7.13. The summed E-state index contributed by atoms with van der Waals surface area (Å²) >= 11 is 5.83. The first-order valence-corrected chi connectivity index (χ1v) is 9.06. The van der Waals surface area contributed by atoms with E-state index in [1.54, 1.807) is 29.2 Å². The van der Waals surface area contributed by atoms with E-state index in [1.807, 2.05) is 0 Å². The number of rotatable bonds is 5. The number of carbonyl (C=O) groups excluding carboxylic acids is 1. The number of nitrogens with zero attached hydrogens (tertiary/aromatic N) is 4. The van der Waals surface area contributed by atoms with Gasteiger partial charge >= 0.3 is 6.09 Å². The molecule has 1 aromatic carbocycles. The van der Waals surface area contributed by atoms with Gasteiger partial charge in [-0.05, 0) is 23.6 Å². The highest BCUT2D eigenvalue weighted by atomic mass is 35.5. The minimum Gasteiger partial charge on any atom is -0.444 e. The Morgan fingerprint density at radius 1 is 1.37 bits per heavy atom. The van der Waals surface area contributed by atoms with Gasteiger partial charge in [0.25, 0.3) is 5.96 Å². The third-order valence-electron chi connectivity index (χ3n) is 4.76. The first kappa shape index (κ1) is 19.4. The quantitative estimate of drug-likeness (QED) is 0.560. The van der Waals surface area contributed by atoms with E-state index in [0.29, 0.717) is 37.2 Å². The molecule has 27 heavy (non-hydrogen) atoms. The van der Waals surface area contributed by atoms with Crippen molar-refractivity contribution in [3.8, 4) is 0 Å². The van der Waals surface area contributed by atoms with Crippen LogP contribution in [-0.4, -0.2) is 59.7 Å². The molecule has 2 atom stereocenters. The van der Waals surface area contributed by atoms with E-state index in [-0.39, 0.29) is 25.0 Å². The molecule has 3 rings (SSSR count). The molecule has 0 N–H and O–H groups in total. The Morgan fingerprint density at radius 3 is 2.74 bits per heavy atom. The Morgan fingerprint density at radius 2 is 2.11 bits per heavy atom. The van der Waals surface area contributed by atoms with Crippen molar-refractivity contribution in [2.45, 2.75) is 13.5 Å². The number of hydrogen-bond acceptors (Lipinski definition) is 5. The van der Waals surface area contributed by atoms with Gasteiger partial charge in [0.2, 0.25) is 0 Å². The Kier molecular flexibility index (Phi) is 6.12. The second kappa shape index (κ2) is 8.53. The first-order chi connectivity index (χ1) is 12.9.